The summed E-state index contributed by atoms with van der Waals surface area (Å²) in [6, 6.07) is 10.7. The topological polar surface area (TPSA) is 87.3 Å². The molecule has 0 saturated carbocycles. The zero-order valence-corrected chi connectivity index (χ0v) is 16.7. The Balaban J connectivity index is 1.77. The average Bonchev–Trinajstić information content (AvgIpc) is 3.14. The molecule has 1 heterocycles. The molecule has 0 aliphatic carbocycles. The normalized spacial score (nSPS) is 16.9. The summed E-state index contributed by atoms with van der Waals surface area (Å²) in [6.07, 6.45) is 0.765. The lowest BCUT2D eigenvalue weighted by Crippen LogP contribution is -2.44. The minimum Gasteiger partial charge on any atom is -0.316 e. The summed E-state index contributed by atoms with van der Waals surface area (Å²) in [5, 5.41) is 3.10. The smallest absolute Gasteiger partial charge is 0.269 e. The summed E-state index contributed by atoms with van der Waals surface area (Å²) in [7, 11) is -3.70. The van der Waals surface area contributed by atoms with Crippen LogP contribution in [0.2, 0.25) is 0 Å². The number of rotatable bonds is 6. The maximum atomic E-state index is 14.5. The molecule has 0 spiro atoms. The monoisotopic (exact) mass is 405 g/mol. The van der Waals surface area contributed by atoms with Gasteiger partial charge in [0.1, 0.15) is 5.82 Å². The Kier molecular flexibility index (Phi) is 6.12. The van der Waals surface area contributed by atoms with Crippen LogP contribution in [0.15, 0.2) is 36.4 Å². The molecule has 1 fully saturated rings. The van der Waals surface area contributed by atoms with Crippen LogP contribution < -0.4 is 15.6 Å². The van der Waals surface area contributed by atoms with Crippen LogP contribution in [-0.4, -0.2) is 33.2 Å². The van der Waals surface area contributed by atoms with Crippen LogP contribution >= 0.6 is 0 Å². The van der Waals surface area contributed by atoms with Crippen LogP contribution in [0.1, 0.15) is 27.9 Å². The van der Waals surface area contributed by atoms with Crippen molar-refractivity contribution in [2.24, 2.45) is 5.92 Å². The third-order valence-corrected chi connectivity index (χ3v) is 6.11. The molecular weight excluding hydrogens is 381 g/mol. The van der Waals surface area contributed by atoms with E-state index in [4.69, 9.17) is 0 Å². The molecule has 0 bridgehead atoms. The van der Waals surface area contributed by atoms with Crippen molar-refractivity contribution in [2.45, 2.75) is 20.3 Å². The van der Waals surface area contributed by atoms with Crippen LogP contribution in [0, 0.1) is 25.6 Å². The second kappa shape index (κ2) is 8.38. The number of amides is 1. The number of nitrogens with one attached hydrogen (secondary N) is 3. The molecule has 0 aromatic heterocycles. The highest BCUT2D eigenvalue weighted by molar-refractivity contribution is 7.89. The molecule has 150 valence electrons. The predicted molar refractivity (Wildman–Crippen MR) is 107 cm³/mol. The van der Waals surface area contributed by atoms with Crippen LogP contribution in [0.25, 0.3) is 11.1 Å². The first-order chi connectivity index (χ1) is 13.2. The number of hydrogen-bond donors (Lipinski definition) is 3. The summed E-state index contributed by atoms with van der Waals surface area (Å²) < 4.78 is 38.8. The fourth-order valence-electron chi connectivity index (χ4n) is 3.33. The molecule has 2 aromatic rings. The highest BCUT2D eigenvalue weighted by Crippen LogP contribution is 2.25. The first-order valence-corrected chi connectivity index (χ1v) is 10.8. The van der Waals surface area contributed by atoms with Gasteiger partial charge in [-0.25, -0.2) is 12.8 Å². The molecular formula is C20H24FN3O3S. The summed E-state index contributed by atoms with van der Waals surface area (Å²) >= 11 is 0. The molecule has 1 amide bonds. The Bertz CT molecular complexity index is 986. The van der Waals surface area contributed by atoms with Gasteiger partial charge in [-0.15, -0.1) is 4.83 Å². The van der Waals surface area contributed by atoms with Gasteiger partial charge in [0, 0.05) is 0 Å². The third kappa shape index (κ3) is 4.95. The van der Waals surface area contributed by atoms with Crippen molar-refractivity contribution in [3.05, 3.63) is 58.9 Å². The summed E-state index contributed by atoms with van der Waals surface area (Å²) in [4.78, 5) is 14.5. The fraction of sp³-hybridized carbons (Fsp3) is 0.350. The Labute approximate surface area is 164 Å². The lowest BCUT2D eigenvalue weighted by Gasteiger charge is -2.13. The van der Waals surface area contributed by atoms with Crippen molar-refractivity contribution in [1.82, 2.24) is 15.6 Å². The van der Waals surface area contributed by atoms with E-state index in [1.807, 2.05) is 31.2 Å². The van der Waals surface area contributed by atoms with Gasteiger partial charge in [-0.2, -0.15) is 0 Å². The second-order valence-electron chi connectivity index (χ2n) is 7.22. The van der Waals surface area contributed by atoms with Gasteiger partial charge < -0.3 is 5.32 Å². The molecule has 1 aliphatic rings. The van der Waals surface area contributed by atoms with E-state index < -0.39 is 21.7 Å². The van der Waals surface area contributed by atoms with Crippen LogP contribution in [0.4, 0.5) is 4.39 Å². The van der Waals surface area contributed by atoms with Crippen molar-refractivity contribution < 1.29 is 17.6 Å². The van der Waals surface area contributed by atoms with Crippen LogP contribution in [-0.2, 0) is 10.0 Å². The number of carbonyl (C=O) groups excluding carboxylic acids is 1. The SMILES string of the molecule is Cc1cccc(-c2cc(C)c(F)c(C(=O)NNS(=O)(=O)CC3CCNC3)c2)c1. The van der Waals surface area contributed by atoms with Crippen LogP contribution in [0.3, 0.4) is 0 Å². The lowest BCUT2D eigenvalue weighted by atomic mass is 9.98. The van der Waals surface area contributed by atoms with Crippen molar-refractivity contribution in [2.75, 3.05) is 18.8 Å². The predicted octanol–water partition coefficient (Wildman–Crippen LogP) is 2.28. The Morgan fingerprint density at radius 3 is 2.68 bits per heavy atom. The maximum Gasteiger partial charge on any atom is 0.269 e. The van der Waals surface area contributed by atoms with Gasteiger partial charge in [-0.3, -0.25) is 10.2 Å². The van der Waals surface area contributed by atoms with Gasteiger partial charge in [0.05, 0.1) is 11.3 Å². The Hall–Kier alpha value is -2.29. The molecule has 6 nitrogen and oxygen atoms in total. The van der Waals surface area contributed by atoms with Gasteiger partial charge in [-0.05, 0) is 68.1 Å². The molecule has 0 radical (unpaired) electrons. The fourth-order valence-corrected chi connectivity index (χ4v) is 4.56. The zero-order chi connectivity index (χ0) is 20.3. The molecule has 3 N–H and O–H groups in total. The standard InChI is InChI=1S/C20H24FN3O3S/c1-13-4-3-5-16(8-13)17-9-14(2)19(21)18(10-17)20(25)23-24-28(26,27)12-15-6-7-22-11-15/h3-5,8-10,15,22,24H,6-7,11-12H2,1-2H3,(H,23,25). The van der Waals surface area contributed by atoms with Gasteiger partial charge in [-0.1, -0.05) is 29.8 Å². The summed E-state index contributed by atoms with van der Waals surface area (Å²) in [5.41, 5.74) is 4.82. The summed E-state index contributed by atoms with van der Waals surface area (Å²) in [6.45, 7) is 4.93. The Morgan fingerprint density at radius 1 is 1.21 bits per heavy atom. The highest BCUT2D eigenvalue weighted by atomic mass is 32.2. The van der Waals surface area contributed by atoms with E-state index in [0.717, 1.165) is 24.1 Å². The first kappa shape index (κ1) is 20.4. The van der Waals surface area contributed by atoms with Crippen molar-refractivity contribution in [3.8, 4) is 11.1 Å². The average molecular weight is 405 g/mol. The van der Waals surface area contributed by atoms with Gasteiger partial charge in [0.25, 0.3) is 5.91 Å². The second-order valence-corrected chi connectivity index (χ2v) is 8.99. The van der Waals surface area contributed by atoms with E-state index in [1.165, 1.54) is 6.07 Å². The largest absolute Gasteiger partial charge is 0.316 e. The van der Waals surface area contributed by atoms with Crippen molar-refractivity contribution in [1.29, 1.82) is 0 Å². The van der Waals surface area contributed by atoms with E-state index >= 15 is 0 Å². The zero-order valence-electron chi connectivity index (χ0n) is 15.9. The number of hydrogen-bond acceptors (Lipinski definition) is 4. The minimum absolute atomic E-state index is 0.00182. The number of hydrazine groups is 1. The minimum atomic E-state index is -3.70. The van der Waals surface area contributed by atoms with E-state index in [-0.39, 0.29) is 17.2 Å². The van der Waals surface area contributed by atoms with Crippen molar-refractivity contribution in [3.63, 3.8) is 0 Å². The third-order valence-electron chi connectivity index (χ3n) is 4.79. The molecule has 2 aromatic carbocycles. The molecule has 8 heteroatoms. The van der Waals surface area contributed by atoms with Gasteiger partial charge >= 0.3 is 0 Å². The number of carbonyl (C=O) groups is 1. The van der Waals surface area contributed by atoms with E-state index in [2.05, 4.69) is 15.6 Å². The van der Waals surface area contributed by atoms with Crippen LogP contribution in [0.5, 0.6) is 0 Å². The first-order valence-electron chi connectivity index (χ1n) is 9.13. The number of halogens is 1. The molecule has 1 atom stereocenters. The molecule has 1 unspecified atom stereocenters. The van der Waals surface area contributed by atoms with E-state index in [0.29, 0.717) is 17.7 Å². The number of benzene rings is 2. The number of aryl methyl sites for hydroxylation is 2. The maximum absolute atomic E-state index is 14.5. The molecule has 1 saturated heterocycles. The molecule has 3 rings (SSSR count). The van der Waals surface area contributed by atoms with E-state index in [9.17, 15) is 17.6 Å². The van der Waals surface area contributed by atoms with E-state index in [1.54, 1.807) is 13.0 Å². The Morgan fingerprint density at radius 2 is 2.00 bits per heavy atom. The lowest BCUT2D eigenvalue weighted by molar-refractivity contribution is 0.0941. The molecule has 28 heavy (non-hydrogen) atoms. The van der Waals surface area contributed by atoms with Gasteiger partial charge in [0.2, 0.25) is 10.0 Å². The summed E-state index contributed by atoms with van der Waals surface area (Å²) in [5.74, 6) is -1.60. The van der Waals surface area contributed by atoms with Crippen molar-refractivity contribution >= 4 is 15.9 Å². The molecule has 1 aliphatic heterocycles. The quantitative estimate of drug-likeness (QED) is 0.644. The number of sulfonamides is 1. The van der Waals surface area contributed by atoms with Gasteiger partial charge in [0.15, 0.2) is 0 Å². The highest BCUT2D eigenvalue weighted by Gasteiger charge is 2.23.